The van der Waals surface area contributed by atoms with E-state index in [0.717, 1.165) is 12.8 Å². The number of likely N-dealkylation sites (tertiary alicyclic amines) is 1. The number of nitrogens with zero attached hydrogens (tertiary/aromatic N) is 1. The summed E-state index contributed by atoms with van der Waals surface area (Å²) >= 11 is 0. The van der Waals surface area contributed by atoms with Crippen molar-refractivity contribution in [1.82, 2.24) is 10.2 Å². The topological polar surface area (TPSA) is 49.4 Å². The van der Waals surface area contributed by atoms with Crippen molar-refractivity contribution in [2.75, 3.05) is 19.6 Å². The van der Waals surface area contributed by atoms with E-state index >= 15 is 0 Å². The summed E-state index contributed by atoms with van der Waals surface area (Å²) in [6.45, 7) is 5.39. The fourth-order valence-electron chi connectivity index (χ4n) is 2.27. The van der Waals surface area contributed by atoms with E-state index in [9.17, 15) is 9.59 Å². The maximum absolute atomic E-state index is 11.9. The lowest BCUT2D eigenvalue weighted by atomic mass is 9.89. The number of terminal acetylenes is 1. The molecule has 1 saturated heterocycles. The van der Waals surface area contributed by atoms with Crippen LogP contribution in [0.15, 0.2) is 0 Å². The monoisotopic (exact) mass is 250 g/mol. The Morgan fingerprint density at radius 3 is 2.89 bits per heavy atom. The Balaban J connectivity index is 2.48. The minimum absolute atomic E-state index is 0.0778. The zero-order valence-corrected chi connectivity index (χ0v) is 11.2. The summed E-state index contributed by atoms with van der Waals surface area (Å²) in [7, 11) is 0. The zero-order chi connectivity index (χ0) is 13.5. The Bertz CT molecular complexity index is 344. The van der Waals surface area contributed by atoms with Crippen molar-refractivity contribution in [2.45, 2.75) is 33.1 Å². The third-order valence-corrected chi connectivity index (χ3v) is 3.52. The summed E-state index contributed by atoms with van der Waals surface area (Å²) in [5.41, 5.74) is 0. The average molecular weight is 250 g/mol. The number of carbonyl (C=O) groups is 2. The van der Waals surface area contributed by atoms with Crippen LogP contribution in [0.5, 0.6) is 0 Å². The highest BCUT2D eigenvalue weighted by atomic mass is 16.2. The van der Waals surface area contributed by atoms with Gasteiger partial charge in [0.15, 0.2) is 0 Å². The van der Waals surface area contributed by atoms with E-state index in [2.05, 4.69) is 25.1 Å². The van der Waals surface area contributed by atoms with Crippen LogP contribution in [0.3, 0.4) is 0 Å². The first-order valence-electron chi connectivity index (χ1n) is 6.52. The van der Waals surface area contributed by atoms with Gasteiger partial charge in [0.05, 0.1) is 13.1 Å². The molecule has 0 radical (unpaired) electrons. The first-order chi connectivity index (χ1) is 8.54. The molecule has 0 aromatic rings. The van der Waals surface area contributed by atoms with Crippen molar-refractivity contribution in [3.8, 4) is 12.3 Å². The molecule has 2 amide bonds. The van der Waals surface area contributed by atoms with E-state index in [-0.39, 0.29) is 24.9 Å². The van der Waals surface area contributed by atoms with Gasteiger partial charge in [-0.25, -0.2) is 0 Å². The first kappa shape index (κ1) is 14.6. The fraction of sp³-hybridized carbons (Fsp3) is 0.714. The van der Waals surface area contributed by atoms with Gasteiger partial charge in [-0.05, 0) is 24.7 Å². The van der Waals surface area contributed by atoms with Gasteiger partial charge in [-0.3, -0.25) is 9.59 Å². The van der Waals surface area contributed by atoms with Gasteiger partial charge in [-0.2, -0.15) is 0 Å². The maximum atomic E-state index is 11.9. The van der Waals surface area contributed by atoms with E-state index in [1.54, 1.807) is 4.90 Å². The van der Waals surface area contributed by atoms with Crippen molar-refractivity contribution in [1.29, 1.82) is 0 Å². The van der Waals surface area contributed by atoms with Gasteiger partial charge in [0.25, 0.3) is 0 Å². The van der Waals surface area contributed by atoms with Gasteiger partial charge in [-0.1, -0.05) is 19.8 Å². The quantitative estimate of drug-likeness (QED) is 0.757. The number of hydrogen-bond donors (Lipinski definition) is 1. The molecular formula is C14H22N2O2. The van der Waals surface area contributed by atoms with Crippen molar-refractivity contribution in [3.05, 3.63) is 0 Å². The van der Waals surface area contributed by atoms with Crippen LogP contribution < -0.4 is 5.32 Å². The molecule has 4 nitrogen and oxygen atoms in total. The van der Waals surface area contributed by atoms with Gasteiger partial charge in [0.1, 0.15) is 0 Å². The normalized spacial score (nSPS) is 20.4. The van der Waals surface area contributed by atoms with E-state index < -0.39 is 0 Å². The molecule has 4 heteroatoms. The highest BCUT2D eigenvalue weighted by Crippen LogP contribution is 2.24. The Morgan fingerprint density at radius 2 is 2.28 bits per heavy atom. The van der Waals surface area contributed by atoms with Crippen molar-refractivity contribution in [2.24, 2.45) is 11.8 Å². The molecule has 0 aromatic carbocycles. The minimum Gasteiger partial charge on any atom is -0.344 e. The molecule has 1 atom stereocenters. The lowest BCUT2D eigenvalue weighted by Crippen LogP contribution is -2.40. The molecule has 100 valence electrons. The van der Waals surface area contributed by atoms with Crippen LogP contribution in [0.4, 0.5) is 0 Å². The Hall–Kier alpha value is -1.50. The summed E-state index contributed by atoms with van der Waals surface area (Å²) in [6, 6.07) is 0. The Kier molecular flexibility index (Phi) is 5.70. The maximum Gasteiger partial charge on any atom is 0.240 e. The second-order valence-corrected chi connectivity index (χ2v) is 5.13. The van der Waals surface area contributed by atoms with E-state index in [0.29, 0.717) is 24.8 Å². The number of nitrogens with one attached hydrogen (secondary N) is 1. The lowest BCUT2D eigenvalue weighted by molar-refractivity contribution is -0.135. The number of rotatable bonds is 4. The highest BCUT2D eigenvalue weighted by Gasteiger charge is 2.25. The smallest absolute Gasteiger partial charge is 0.240 e. The summed E-state index contributed by atoms with van der Waals surface area (Å²) in [6.07, 6.45) is 7.52. The molecule has 1 heterocycles. The molecule has 1 rings (SSSR count). The van der Waals surface area contributed by atoms with Gasteiger partial charge in [0, 0.05) is 13.0 Å². The molecule has 18 heavy (non-hydrogen) atoms. The van der Waals surface area contributed by atoms with Crippen LogP contribution in [0.1, 0.15) is 33.1 Å². The first-order valence-corrected chi connectivity index (χ1v) is 6.52. The Labute approximate surface area is 109 Å². The summed E-state index contributed by atoms with van der Waals surface area (Å²) < 4.78 is 0. The molecular weight excluding hydrogens is 228 g/mol. The molecule has 0 aromatic heterocycles. The van der Waals surface area contributed by atoms with Gasteiger partial charge in [0.2, 0.25) is 11.8 Å². The Morgan fingerprint density at radius 1 is 1.56 bits per heavy atom. The molecule has 1 aliphatic heterocycles. The predicted octanol–water partition coefficient (Wildman–Crippen LogP) is 1.02. The molecule has 0 aliphatic carbocycles. The molecule has 0 spiro atoms. The summed E-state index contributed by atoms with van der Waals surface area (Å²) in [4.78, 5) is 25.1. The molecule has 0 bridgehead atoms. The van der Waals surface area contributed by atoms with Gasteiger partial charge < -0.3 is 10.2 Å². The third-order valence-electron chi connectivity index (χ3n) is 3.52. The molecule has 1 N–H and O–H groups in total. The standard InChI is InChI=1S/C14H22N2O2/c1-4-8-15-13(17)10-16-9-7-12(11(2)3)5-6-14(16)18/h1,11-12H,5-10H2,2-3H3,(H,15,17). The second-order valence-electron chi connectivity index (χ2n) is 5.13. The van der Waals surface area contributed by atoms with Crippen molar-refractivity contribution >= 4 is 11.8 Å². The molecule has 1 fully saturated rings. The summed E-state index contributed by atoms with van der Waals surface area (Å²) in [5.74, 6) is 3.41. The minimum atomic E-state index is -0.177. The second kappa shape index (κ2) is 7.05. The number of hydrogen-bond acceptors (Lipinski definition) is 2. The third kappa shape index (κ3) is 4.40. The van der Waals surface area contributed by atoms with E-state index in [4.69, 9.17) is 6.42 Å². The molecule has 1 unspecified atom stereocenters. The van der Waals surface area contributed by atoms with E-state index in [1.807, 2.05) is 0 Å². The van der Waals surface area contributed by atoms with Gasteiger partial charge >= 0.3 is 0 Å². The lowest BCUT2D eigenvalue weighted by Gasteiger charge is -2.21. The average Bonchev–Trinajstić information content (AvgIpc) is 2.50. The fourth-order valence-corrected chi connectivity index (χ4v) is 2.27. The zero-order valence-electron chi connectivity index (χ0n) is 11.2. The van der Waals surface area contributed by atoms with Crippen LogP contribution >= 0.6 is 0 Å². The van der Waals surface area contributed by atoms with E-state index in [1.165, 1.54) is 0 Å². The van der Waals surface area contributed by atoms with Crippen molar-refractivity contribution in [3.63, 3.8) is 0 Å². The van der Waals surface area contributed by atoms with Crippen LogP contribution in [0.2, 0.25) is 0 Å². The summed E-state index contributed by atoms with van der Waals surface area (Å²) in [5, 5.41) is 2.59. The largest absolute Gasteiger partial charge is 0.344 e. The van der Waals surface area contributed by atoms with Crippen LogP contribution in [0.25, 0.3) is 0 Å². The SMILES string of the molecule is C#CCNC(=O)CN1CCC(C(C)C)CCC1=O. The molecule has 0 saturated carbocycles. The van der Waals surface area contributed by atoms with Crippen LogP contribution in [0, 0.1) is 24.2 Å². The van der Waals surface area contributed by atoms with Crippen LogP contribution in [-0.2, 0) is 9.59 Å². The predicted molar refractivity (Wildman–Crippen MR) is 70.6 cm³/mol. The van der Waals surface area contributed by atoms with Gasteiger partial charge in [-0.15, -0.1) is 6.42 Å². The van der Waals surface area contributed by atoms with Crippen LogP contribution in [-0.4, -0.2) is 36.3 Å². The number of carbonyl (C=O) groups excluding carboxylic acids is 2. The molecule has 1 aliphatic rings. The number of amides is 2. The van der Waals surface area contributed by atoms with Crippen molar-refractivity contribution < 1.29 is 9.59 Å². The highest BCUT2D eigenvalue weighted by molar-refractivity contribution is 5.85.